The van der Waals surface area contributed by atoms with Gasteiger partial charge in [-0.05, 0) is 60.9 Å². The average molecular weight is 571 g/mol. The Balaban J connectivity index is 1.64. The number of halogens is 3. The van der Waals surface area contributed by atoms with Crippen molar-refractivity contribution in [1.29, 1.82) is 0 Å². The van der Waals surface area contributed by atoms with Crippen LogP contribution in [0.2, 0.25) is 0 Å². The summed E-state index contributed by atoms with van der Waals surface area (Å²) in [6, 6.07) is 19.7. The summed E-state index contributed by atoms with van der Waals surface area (Å²) < 4.78 is 59.2. The Bertz CT molecular complexity index is 1330. The minimum atomic E-state index is -4.65. The number of esters is 1. The quantitative estimate of drug-likeness (QED) is 0.330. The number of carbonyl (C=O) groups is 2. The Morgan fingerprint density at radius 3 is 2.37 bits per heavy atom. The molecule has 0 spiro atoms. The summed E-state index contributed by atoms with van der Waals surface area (Å²) >= 11 is 0. The monoisotopic (exact) mass is 570 g/mol. The first-order valence-corrected chi connectivity index (χ1v) is 13.3. The maximum absolute atomic E-state index is 14.2. The molecule has 1 heterocycles. The third kappa shape index (κ3) is 7.38. The molecule has 1 amide bonds. The molecule has 0 fully saturated rings. The van der Waals surface area contributed by atoms with Crippen LogP contribution >= 0.6 is 0 Å². The fraction of sp³-hybridized carbons (Fsp3) is 0.355. The van der Waals surface area contributed by atoms with E-state index < -0.39 is 35.6 Å². The summed E-state index contributed by atoms with van der Waals surface area (Å²) in [5.41, 5.74) is -0.149. The number of ether oxygens (including phenoxy) is 3. The summed E-state index contributed by atoms with van der Waals surface area (Å²) in [6.07, 6.45) is -6.13. The highest BCUT2D eigenvalue weighted by atomic mass is 19.4. The first kappa shape index (κ1) is 29.9. The zero-order valence-electron chi connectivity index (χ0n) is 23.1. The van der Waals surface area contributed by atoms with Gasteiger partial charge in [-0.3, -0.25) is 9.59 Å². The van der Waals surface area contributed by atoms with Crippen molar-refractivity contribution >= 4 is 17.6 Å². The molecule has 10 heteroatoms. The molecule has 0 radical (unpaired) electrons. The highest BCUT2D eigenvalue weighted by Crippen LogP contribution is 2.43. The molecule has 0 saturated heterocycles. The second-order valence-electron chi connectivity index (χ2n) is 9.88. The molecule has 3 atom stereocenters. The van der Waals surface area contributed by atoms with Crippen molar-refractivity contribution in [3.8, 4) is 11.5 Å². The second kappa shape index (κ2) is 13.1. The standard InChI is InChI=1S/C31H33F3N2O5/c1-20(19-40-24-8-5-4-6-9-24)35-16-17-36-28-11-7-10-27(31(32,33)34)26(28)18-25(29(30(36)38)41-21(2)37)22-12-14-23(39-3)15-13-22/h4-15,20,25,29,35H,16-19H2,1-3H3/t20?,25-,29+/m0/s1. The van der Waals surface area contributed by atoms with Crippen molar-refractivity contribution in [1.82, 2.24) is 5.32 Å². The van der Waals surface area contributed by atoms with Gasteiger partial charge in [0.05, 0.1) is 12.7 Å². The normalized spacial score (nSPS) is 17.8. The summed E-state index contributed by atoms with van der Waals surface area (Å²) in [5, 5.41) is 3.27. The van der Waals surface area contributed by atoms with Crippen LogP contribution < -0.4 is 19.7 Å². The number of nitrogens with one attached hydrogen (secondary N) is 1. The predicted octanol–water partition coefficient (Wildman–Crippen LogP) is 5.38. The van der Waals surface area contributed by atoms with Crippen LogP contribution in [0.4, 0.5) is 18.9 Å². The number of nitrogens with zero attached hydrogens (tertiary/aromatic N) is 1. The molecular formula is C31H33F3N2O5. The number of hydrogen-bond acceptors (Lipinski definition) is 6. The van der Waals surface area contributed by atoms with Gasteiger partial charge in [0.1, 0.15) is 18.1 Å². The molecule has 1 aliphatic heterocycles. The lowest BCUT2D eigenvalue weighted by Crippen LogP contribution is -2.46. The Morgan fingerprint density at radius 2 is 1.73 bits per heavy atom. The molecule has 1 N–H and O–H groups in total. The van der Waals surface area contributed by atoms with E-state index in [9.17, 15) is 22.8 Å². The highest BCUT2D eigenvalue weighted by molar-refractivity contribution is 6.00. The largest absolute Gasteiger partial charge is 0.497 e. The molecule has 3 aromatic rings. The molecule has 0 aliphatic carbocycles. The highest BCUT2D eigenvalue weighted by Gasteiger charge is 2.44. The van der Waals surface area contributed by atoms with E-state index in [1.165, 1.54) is 31.1 Å². The van der Waals surface area contributed by atoms with Crippen molar-refractivity contribution in [3.05, 3.63) is 89.5 Å². The van der Waals surface area contributed by atoms with Crippen molar-refractivity contribution in [2.24, 2.45) is 0 Å². The molecule has 0 bridgehead atoms. The van der Waals surface area contributed by atoms with Gasteiger partial charge in [0, 0.05) is 37.7 Å². The summed E-state index contributed by atoms with van der Waals surface area (Å²) in [5.74, 6) is -0.878. The zero-order chi connectivity index (χ0) is 29.6. The molecule has 0 saturated carbocycles. The number of rotatable bonds is 10. The number of amides is 1. The molecule has 0 aromatic heterocycles. The van der Waals surface area contributed by atoms with Crippen LogP contribution in [0.1, 0.15) is 36.5 Å². The molecule has 7 nitrogen and oxygen atoms in total. The minimum absolute atomic E-state index is 0.0238. The van der Waals surface area contributed by atoms with Crippen LogP contribution in [0.15, 0.2) is 72.8 Å². The van der Waals surface area contributed by atoms with Crippen molar-refractivity contribution in [2.45, 2.75) is 44.5 Å². The Hall–Kier alpha value is -4.05. The summed E-state index contributed by atoms with van der Waals surface area (Å²) in [4.78, 5) is 27.4. The first-order valence-electron chi connectivity index (χ1n) is 13.3. The van der Waals surface area contributed by atoms with Gasteiger partial charge in [-0.25, -0.2) is 0 Å². The first-order chi connectivity index (χ1) is 19.6. The van der Waals surface area contributed by atoms with Gasteiger partial charge < -0.3 is 24.4 Å². The zero-order valence-corrected chi connectivity index (χ0v) is 23.1. The maximum atomic E-state index is 14.2. The predicted molar refractivity (Wildman–Crippen MR) is 148 cm³/mol. The van der Waals surface area contributed by atoms with Gasteiger partial charge in [-0.15, -0.1) is 0 Å². The number of fused-ring (bicyclic) bond motifs is 1. The van der Waals surface area contributed by atoms with Gasteiger partial charge >= 0.3 is 12.1 Å². The number of methoxy groups -OCH3 is 1. The Morgan fingerprint density at radius 1 is 1.02 bits per heavy atom. The van der Waals surface area contributed by atoms with Gasteiger partial charge in [0.2, 0.25) is 0 Å². The van der Waals surface area contributed by atoms with E-state index in [0.717, 1.165) is 6.07 Å². The molecule has 41 heavy (non-hydrogen) atoms. The third-order valence-electron chi connectivity index (χ3n) is 6.95. The van der Waals surface area contributed by atoms with E-state index in [-0.39, 0.29) is 36.8 Å². The van der Waals surface area contributed by atoms with Crippen LogP contribution in [0.3, 0.4) is 0 Å². The fourth-order valence-corrected chi connectivity index (χ4v) is 4.98. The van der Waals surface area contributed by atoms with Crippen molar-refractivity contribution in [2.75, 3.05) is 31.7 Å². The Kier molecular flexibility index (Phi) is 9.54. The molecule has 218 valence electrons. The molecule has 1 unspecified atom stereocenters. The number of hydrogen-bond donors (Lipinski definition) is 1. The second-order valence-corrected chi connectivity index (χ2v) is 9.88. The molecule has 4 rings (SSSR count). The lowest BCUT2D eigenvalue weighted by Gasteiger charge is -2.29. The van der Waals surface area contributed by atoms with Gasteiger partial charge in [0.25, 0.3) is 5.91 Å². The van der Waals surface area contributed by atoms with Crippen molar-refractivity contribution < 1.29 is 37.0 Å². The number of alkyl halides is 3. The smallest absolute Gasteiger partial charge is 0.416 e. The molecule has 3 aromatic carbocycles. The summed E-state index contributed by atoms with van der Waals surface area (Å²) in [7, 11) is 1.50. The topological polar surface area (TPSA) is 77.1 Å². The third-order valence-corrected chi connectivity index (χ3v) is 6.95. The van der Waals surface area contributed by atoms with Crippen LogP contribution in [0, 0.1) is 0 Å². The fourth-order valence-electron chi connectivity index (χ4n) is 4.98. The van der Waals surface area contributed by atoms with Crippen LogP contribution in [-0.2, 0) is 26.9 Å². The number of carbonyl (C=O) groups excluding carboxylic acids is 2. The van der Waals surface area contributed by atoms with E-state index >= 15 is 0 Å². The lowest BCUT2D eigenvalue weighted by molar-refractivity contribution is -0.154. The number of benzene rings is 3. The SMILES string of the molecule is COc1ccc([C@@H]2Cc3c(cccc3C(F)(F)F)N(CCNC(C)COc3ccccc3)C(=O)[C@@H]2OC(C)=O)cc1. The van der Waals surface area contributed by atoms with Gasteiger partial charge in [0.15, 0.2) is 6.10 Å². The van der Waals surface area contributed by atoms with Crippen LogP contribution in [0.25, 0.3) is 0 Å². The number of anilines is 1. The van der Waals surface area contributed by atoms with E-state index in [1.54, 1.807) is 24.3 Å². The minimum Gasteiger partial charge on any atom is -0.497 e. The Labute approximate surface area is 237 Å². The molecular weight excluding hydrogens is 537 g/mol. The van der Waals surface area contributed by atoms with Crippen LogP contribution in [0.5, 0.6) is 11.5 Å². The van der Waals surface area contributed by atoms with Crippen molar-refractivity contribution in [3.63, 3.8) is 0 Å². The van der Waals surface area contributed by atoms with E-state index in [0.29, 0.717) is 23.7 Å². The van der Waals surface area contributed by atoms with Crippen LogP contribution in [-0.4, -0.2) is 50.8 Å². The van der Waals surface area contributed by atoms with E-state index in [4.69, 9.17) is 14.2 Å². The maximum Gasteiger partial charge on any atom is 0.416 e. The summed E-state index contributed by atoms with van der Waals surface area (Å²) in [6.45, 7) is 3.75. The molecule has 1 aliphatic rings. The lowest BCUT2D eigenvalue weighted by atomic mass is 9.86. The van der Waals surface area contributed by atoms with E-state index in [2.05, 4.69) is 5.32 Å². The van der Waals surface area contributed by atoms with E-state index in [1.807, 2.05) is 37.3 Å². The van der Waals surface area contributed by atoms with Gasteiger partial charge in [-0.1, -0.05) is 36.4 Å². The number of para-hydroxylation sites is 1. The van der Waals surface area contributed by atoms with Gasteiger partial charge in [-0.2, -0.15) is 13.2 Å². The average Bonchev–Trinajstić information content (AvgIpc) is 3.06.